The van der Waals surface area contributed by atoms with Crippen molar-refractivity contribution in [3.8, 4) is 17.1 Å². The molecule has 7 nitrogen and oxygen atoms in total. The third-order valence-corrected chi connectivity index (χ3v) is 5.39. The van der Waals surface area contributed by atoms with Crippen molar-refractivity contribution in [1.29, 1.82) is 0 Å². The summed E-state index contributed by atoms with van der Waals surface area (Å²) in [5, 5.41) is 7.22. The van der Waals surface area contributed by atoms with Gasteiger partial charge in [-0.05, 0) is 49.3 Å². The van der Waals surface area contributed by atoms with Crippen molar-refractivity contribution in [2.45, 2.75) is 33.7 Å². The van der Waals surface area contributed by atoms with Crippen LogP contribution >= 0.6 is 12.2 Å². The van der Waals surface area contributed by atoms with Crippen molar-refractivity contribution >= 4 is 18.1 Å². The summed E-state index contributed by atoms with van der Waals surface area (Å²) in [7, 11) is 0. The van der Waals surface area contributed by atoms with Gasteiger partial charge in [-0.3, -0.25) is 19.4 Å². The van der Waals surface area contributed by atoms with Gasteiger partial charge in [0.05, 0.1) is 6.61 Å². The molecule has 1 aromatic heterocycles. The maximum atomic E-state index is 12.7. The van der Waals surface area contributed by atoms with Gasteiger partial charge in [0.2, 0.25) is 5.91 Å². The van der Waals surface area contributed by atoms with E-state index in [-0.39, 0.29) is 5.91 Å². The molecule has 0 spiro atoms. The number of ether oxygens (including phenoxy) is 1. The molecule has 0 aliphatic carbocycles. The Bertz CT molecular complexity index is 851. The number of nitrogens with zero attached hydrogens (tertiary/aromatic N) is 4. The molecular weight excluding hydrogens is 386 g/mol. The van der Waals surface area contributed by atoms with Crippen LogP contribution in [0.3, 0.4) is 0 Å². The van der Waals surface area contributed by atoms with E-state index < -0.39 is 0 Å². The van der Waals surface area contributed by atoms with Crippen molar-refractivity contribution in [2.75, 3.05) is 39.3 Å². The zero-order valence-corrected chi connectivity index (χ0v) is 18.4. The molecule has 2 heterocycles. The molecule has 0 saturated carbocycles. The fourth-order valence-corrected chi connectivity index (χ4v) is 3.90. The van der Waals surface area contributed by atoms with Gasteiger partial charge in [0.1, 0.15) is 5.75 Å². The minimum Gasteiger partial charge on any atom is -0.494 e. The predicted molar refractivity (Wildman–Crippen MR) is 116 cm³/mol. The number of aromatic amines is 1. The lowest BCUT2D eigenvalue weighted by Crippen LogP contribution is -2.49. The number of nitrogens with one attached hydrogen (secondary N) is 1. The Hall–Kier alpha value is -2.19. The van der Waals surface area contributed by atoms with Crippen LogP contribution in [0.25, 0.3) is 11.4 Å². The molecule has 1 fully saturated rings. The van der Waals surface area contributed by atoms with Gasteiger partial charge >= 0.3 is 0 Å². The second kappa shape index (κ2) is 10.0. The highest BCUT2D eigenvalue weighted by atomic mass is 32.1. The smallest absolute Gasteiger partial charge is 0.224 e. The fraction of sp³-hybridized carbons (Fsp3) is 0.571. The van der Waals surface area contributed by atoms with E-state index in [1.165, 1.54) is 0 Å². The fourth-order valence-electron chi connectivity index (χ4n) is 3.67. The van der Waals surface area contributed by atoms with Gasteiger partial charge < -0.3 is 9.64 Å². The number of piperazine rings is 1. The summed E-state index contributed by atoms with van der Waals surface area (Å²) in [4.78, 5) is 17.1. The van der Waals surface area contributed by atoms with Gasteiger partial charge in [-0.25, -0.2) is 0 Å². The lowest BCUT2D eigenvalue weighted by molar-refractivity contribution is -0.133. The maximum absolute atomic E-state index is 12.7. The molecule has 1 amide bonds. The summed E-state index contributed by atoms with van der Waals surface area (Å²) in [6, 6.07) is 7.76. The molecule has 158 valence electrons. The molecule has 1 N–H and O–H groups in total. The maximum Gasteiger partial charge on any atom is 0.224 e. The number of rotatable bonds is 8. The lowest BCUT2D eigenvalue weighted by atomic mass is 10.2. The summed E-state index contributed by atoms with van der Waals surface area (Å²) in [6.07, 6.45) is 0.419. The minimum atomic E-state index is 0.176. The van der Waals surface area contributed by atoms with E-state index in [0.717, 1.165) is 49.9 Å². The Kier molecular flexibility index (Phi) is 7.44. The topological polar surface area (TPSA) is 66.4 Å². The summed E-state index contributed by atoms with van der Waals surface area (Å²) in [6.45, 7) is 12.2. The molecule has 3 rings (SSSR count). The van der Waals surface area contributed by atoms with E-state index in [0.29, 0.717) is 30.3 Å². The van der Waals surface area contributed by atoms with Crippen molar-refractivity contribution in [2.24, 2.45) is 5.92 Å². The first-order chi connectivity index (χ1) is 14.0. The molecule has 1 saturated heterocycles. The second-order valence-corrected chi connectivity index (χ2v) is 8.17. The molecule has 1 aliphatic heterocycles. The SMILES string of the molecule is CCOc1ccc(-c2n[nH]c(=S)n2CCC(=O)N2CCN(CC(C)C)CC2)cc1. The quantitative estimate of drug-likeness (QED) is 0.668. The molecule has 0 atom stereocenters. The number of amides is 1. The first kappa shape index (κ1) is 21.5. The average Bonchev–Trinajstić information content (AvgIpc) is 3.07. The number of carbonyl (C=O) groups is 1. The van der Waals surface area contributed by atoms with Crippen LogP contribution in [-0.4, -0.2) is 69.8 Å². The molecule has 29 heavy (non-hydrogen) atoms. The molecular formula is C21H31N5O2S. The molecule has 0 radical (unpaired) electrons. The van der Waals surface area contributed by atoms with Crippen LogP contribution in [0.15, 0.2) is 24.3 Å². The molecule has 1 aromatic carbocycles. The van der Waals surface area contributed by atoms with E-state index in [9.17, 15) is 4.79 Å². The van der Waals surface area contributed by atoms with Crippen LogP contribution in [0.1, 0.15) is 27.2 Å². The highest BCUT2D eigenvalue weighted by molar-refractivity contribution is 7.71. The van der Waals surface area contributed by atoms with Crippen molar-refractivity contribution < 1.29 is 9.53 Å². The number of hydrogen-bond acceptors (Lipinski definition) is 5. The standard InChI is InChI=1S/C21H31N5O2S/c1-4-28-18-7-5-17(6-8-18)20-22-23-21(29)26(20)10-9-19(27)25-13-11-24(12-14-25)15-16(2)3/h5-8,16H,4,9-15H2,1-3H3,(H,23,29). The van der Waals surface area contributed by atoms with Crippen LogP contribution in [0.2, 0.25) is 0 Å². The lowest BCUT2D eigenvalue weighted by Gasteiger charge is -2.35. The van der Waals surface area contributed by atoms with Gasteiger partial charge in [-0.1, -0.05) is 13.8 Å². The number of aromatic nitrogens is 3. The third kappa shape index (κ3) is 5.67. The van der Waals surface area contributed by atoms with Gasteiger partial charge in [-0.15, -0.1) is 0 Å². The van der Waals surface area contributed by atoms with Crippen LogP contribution in [0.5, 0.6) is 5.75 Å². The molecule has 8 heteroatoms. The predicted octanol–water partition coefficient (Wildman–Crippen LogP) is 3.20. The summed E-state index contributed by atoms with van der Waals surface area (Å²) in [5.41, 5.74) is 0.940. The average molecular weight is 418 g/mol. The summed E-state index contributed by atoms with van der Waals surface area (Å²) >= 11 is 5.39. The molecule has 1 aliphatic rings. The van der Waals surface area contributed by atoms with Gasteiger partial charge in [0.15, 0.2) is 10.6 Å². The zero-order chi connectivity index (χ0) is 20.8. The molecule has 0 unspecified atom stereocenters. The normalized spacial score (nSPS) is 15.1. The Morgan fingerprint density at radius 2 is 1.90 bits per heavy atom. The number of H-pyrrole nitrogens is 1. The van der Waals surface area contributed by atoms with Crippen molar-refractivity contribution in [3.05, 3.63) is 29.0 Å². The number of benzene rings is 1. The number of hydrogen-bond donors (Lipinski definition) is 1. The zero-order valence-electron chi connectivity index (χ0n) is 17.6. The van der Waals surface area contributed by atoms with Crippen molar-refractivity contribution in [3.63, 3.8) is 0 Å². The van der Waals surface area contributed by atoms with E-state index in [1.807, 2.05) is 40.7 Å². The van der Waals surface area contributed by atoms with Crippen LogP contribution < -0.4 is 4.74 Å². The number of carbonyl (C=O) groups excluding carboxylic acids is 1. The Balaban J connectivity index is 1.59. The summed E-state index contributed by atoms with van der Waals surface area (Å²) in [5.74, 6) is 2.40. The van der Waals surface area contributed by atoms with Gasteiger partial charge in [0, 0.05) is 51.3 Å². The molecule has 0 bridgehead atoms. The Labute approximate surface area is 177 Å². The van der Waals surface area contributed by atoms with Crippen LogP contribution in [0.4, 0.5) is 0 Å². The third-order valence-electron chi connectivity index (χ3n) is 5.08. The minimum absolute atomic E-state index is 0.176. The largest absolute Gasteiger partial charge is 0.494 e. The first-order valence-electron chi connectivity index (χ1n) is 10.4. The van der Waals surface area contributed by atoms with E-state index >= 15 is 0 Å². The van der Waals surface area contributed by atoms with E-state index in [2.05, 4.69) is 28.9 Å². The van der Waals surface area contributed by atoms with Gasteiger partial charge in [0.25, 0.3) is 0 Å². The highest BCUT2D eigenvalue weighted by Crippen LogP contribution is 2.21. The second-order valence-electron chi connectivity index (χ2n) is 7.79. The van der Waals surface area contributed by atoms with E-state index in [1.54, 1.807) is 0 Å². The van der Waals surface area contributed by atoms with Crippen LogP contribution in [0, 0.1) is 10.7 Å². The van der Waals surface area contributed by atoms with Gasteiger partial charge in [-0.2, -0.15) is 5.10 Å². The monoisotopic (exact) mass is 417 g/mol. The van der Waals surface area contributed by atoms with Crippen molar-refractivity contribution in [1.82, 2.24) is 24.6 Å². The first-order valence-corrected chi connectivity index (χ1v) is 10.8. The molecule has 2 aromatic rings. The Morgan fingerprint density at radius 1 is 1.21 bits per heavy atom. The highest BCUT2D eigenvalue weighted by Gasteiger charge is 2.21. The summed E-state index contributed by atoms with van der Waals surface area (Å²) < 4.78 is 7.93. The van der Waals surface area contributed by atoms with Crippen LogP contribution in [-0.2, 0) is 11.3 Å². The van der Waals surface area contributed by atoms with E-state index in [4.69, 9.17) is 17.0 Å². The Morgan fingerprint density at radius 3 is 2.52 bits per heavy atom.